The maximum atomic E-state index is 13.3. The number of thioether (sulfide) groups is 1. The highest BCUT2D eigenvalue weighted by Gasteiger charge is 2.32. The van der Waals surface area contributed by atoms with Crippen LogP contribution in [-0.2, 0) is 11.3 Å². The number of carbonyl (C=O) groups is 1. The van der Waals surface area contributed by atoms with Gasteiger partial charge in [0.2, 0.25) is 5.91 Å². The van der Waals surface area contributed by atoms with Crippen molar-refractivity contribution in [1.82, 2.24) is 9.55 Å². The second kappa shape index (κ2) is 10.3. The molecule has 162 valence electrons. The Labute approximate surface area is 188 Å². The molecule has 1 fully saturated rings. The van der Waals surface area contributed by atoms with Crippen LogP contribution < -0.4 is 21.9 Å². The van der Waals surface area contributed by atoms with Crippen molar-refractivity contribution in [2.24, 2.45) is 0 Å². The summed E-state index contributed by atoms with van der Waals surface area (Å²) >= 11 is 4.82. The molecule has 0 saturated heterocycles. The monoisotopic (exact) mass is 494 g/mol. The number of nitrogen functional groups attached to an aromatic ring is 1. The van der Waals surface area contributed by atoms with E-state index in [4.69, 9.17) is 5.73 Å². The Kier molecular flexibility index (Phi) is 7.82. The van der Waals surface area contributed by atoms with Crippen LogP contribution in [0.1, 0.15) is 45.4 Å². The molecule has 3 rings (SSSR count). The molecule has 0 unspecified atom stereocenters. The van der Waals surface area contributed by atoms with Crippen molar-refractivity contribution in [1.29, 1.82) is 0 Å². The molecule has 1 saturated carbocycles. The van der Waals surface area contributed by atoms with Gasteiger partial charge in [-0.05, 0) is 43.5 Å². The van der Waals surface area contributed by atoms with Crippen LogP contribution >= 0.6 is 27.7 Å². The zero-order valence-electron chi connectivity index (χ0n) is 17.0. The molecule has 0 atom stereocenters. The molecule has 7 nitrogen and oxygen atoms in total. The molecule has 2 aromatic rings. The number of rotatable bonds is 8. The van der Waals surface area contributed by atoms with Crippen molar-refractivity contribution in [2.45, 2.75) is 62.9 Å². The summed E-state index contributed by atoms with van der Waals surface area (Å²) in [6.07, 6.45) is 5.29. The van der Waals surface area contributed by atoms with Crippen LogP contribution in [0.15, 0.2) is 43.2 Å². The lowest BCUT2D eigenvalue weighted by Gasteiger charge is -2.30. The largest absolute Gasteiger partial charge is 0.383 e. The van der Waals surface area contributed by atoms with Gasteiger partial charge in [-0.15, -0.1) is 11.8 Å². The minimum Gasteiger partial charge on any atom is -0.383 e. The van der Waals surface area contributed by atoms with Gasteiger partial charge in [-0.3, -0.25) is 19.1 Å². The number of amides is 1. The number of hydrogen-bond donors (Lipinski definition) is 2. The molecular weight excluding hydrogens is 468 g/mol. The van der Waals surface area contributed by atoms with Gasteiger partial charge in [0.1, 0.15) is 5.82 Å². The lowest BCUT2D eigenvalue weighted by molar-refractivity contribution is -0.116. The molecule has 1 aliphatic rings. The van der Waals surface area contributed by atoms with E-state index in [1.807, 2.05) is 31.2 Å². The van der Waals surface area contributed by atoms with E-state index in [0.717, 1.165) is 47.9 Å². The van der Waals surface area contributed by atoms with E-state index < -0.39 is 11.2 Å². The first-order chi connectivity index (χ1) is 14.4. The van der Waals surface area contributed by atoms with Gasteiger partial charge in [-0.25, -0.2) is 4.79 Å². The Balaban J connectivity index is 1.93. The summed E-state index contributed by atoms with van der Waals surface area (Å²) in [5, 5.41) is 0. The number of aromatic nitrogens is 2. The topological polar surface area (TPSA) is 101 Å². The van der Waals surface area contributed by atoms with Crippen LogP contribution in [0.2, 0.25) is 0 Å². The minimum absolute atomic E-state index is 0.0751. The van der Waals surface area contributed by atoms with E-state index in [2.05, 4.69) is 20.9 Å². The Bertz CT molecular complexity index is 997. The maximum absolute atomic E-state index is 13.3. The fourth-order valence-electron chi connectivity index (χ4n) is 3.77. The highest BCUT2D eigenvalue weighted by molar-refractivity contribution is 9.10. The van der Waals surface area contributed by atoms with E-state index in [1.54, 1.807) is 4.90 Å². The predicted octanol–water partition coefficient (Wildman–Crippen LogP) is 3.75. The zero-order valence-corrected chi connectivity index (χ0v) is 19.4. The number of nitrogens with one attached hydrogen (secondary N) is 1. The Hall–Kier alpha value is -2.00. The van der Waals surface area contributed by atoms with Crippen molar-refractivity contribution < 1.29 is 4.79 Å². The molecule has 1 aromatic carbocycles. The van der Waals surface area contributed by atoms with Crippen LogP contribution in [-0.4, -0.2) is 27.3 Å². The maximum Gasteiger partial charge on any atom is 0.330 e. The molecule has 3 N–H and O–H groups in total. The molecule has 0 radical (unpaired) electrons. The summed E-state index contributed by atoms with van der Waals surface area (Å²) < 4.78 is 2.34. The average Bonchev–Trinajstić information content (AvgIpc) is 3.24. The quantitative estimate of drug-likeness (QED) is 0.544. The molecule has 9 heteroatoms. The number of unbranched alkanes of at least 4 members (excludes halogenated alkanes) is 1. The van der Waals surface area contributed by atoms with Crippen molar-refractivity contribution in [2.75, 3.05) is 16.4 Å². The second-order valence-electron chi connectivity index (χ2n) is 7.44. The van der Waals surface area contributed by atoms with Gasteiger partial charge in [-0.1, -0.05) is 42.1 Å². The van der Waals surface area contributed by atoms with Crippen LogP contribution in [0, 0.1) is 0 Å². The first-order valence-corrected chi connectivity index (χ1v) is 12.0. The normalized spacial score (nSPS) is 14.2. The number of anilines is 2. The Morgan fingerprint density at radius 3 is 2.57 bits per heavy atom. The first-order valence-electron chi connectivity index (χ1n) is 10.3. The van der Waals surface area contributed by atoms with Gasteiger partial charge in [0.15, 0.2) is 5.69 Å². The standard InChI is InChI=1S/C21H27BrN4O3S/c1-2-3-12-25-19(23)18(20(28)24-21(25)29)26(15-6-4-5-7-15)17(27)13-30-16-10-8-14(22)9-11-16/h8-11,15H,2-7,12-13,23H2,1H3,(H,24,28,29). The SMILES string of the molecule is CCCCn1c(N)c(N(C(=O)CSc2ccc(Br)cc2)C2CCCC2)c(=O)[nH]c1=O. The summed E-state index contributed by atoms with van der Waals surface area (Å²) in [4.78, 5) is 43.2. The molecular formula is C21H27BrN4O3S. The van der Waals surface area contributed by atoms with Crippen molar-refractivity contribution in [3.8, 4) is 0 Å². The van der Waals surface area contributed by atoms with E-state index in [-0.39, 0.29) is 29.2 Å². The van der Waals surface area contributed by atoms with Crippen LogP contribution in [0.25, 0.3) is 0 Å². The van der Waals surface area contributed by atoms with Crippen LogP contribution in [0.5, 0.6) is 0 Å². The molecule has 0 bridgehead atoms. The van der Waals surface area contributed by atoms with Crippen molar-refractivity contribution >= 4 is 45.1 Å². The molecule has 1 aliphatic carbocycles. The molecule has 30 heavy (non-hydrogen) atoms. The first kappa shape index (κ1) is 22.7. The number of H-pyrrole nitrogens is 1. The zero-order chi connectivity index (χ0) is 21.7. The molecule has 1 amide bonds. The second-order valence-corrected chi connectivity index (χ2v) is 9.41. The number of aromatic amines is 1. The third-order valence-electron chi connectivity index (χ3n) is 5.32. The molecule has 0 aliphatic heterocycles. The summed E-state index contributed by atoms with van der Waals surface area (Å²) in [6, 6.07) is 7.65. The van der Waals surface area contributed by atoms with Gasteiger partial charge in [0, 0.05) is 22.0 Å². The van der Waals surface area contributed by atoms with Gasteiger partial charge in [-0.2, -0.15) is 0 Å². The van der Waals surface area contributed by atoms with Gasteiger partial charge >= 0.3 is 5.69 Å². The van der Waals surface area contributed by atoms with Crippen LogP contribution in [0.3, 0.4) is 0 Å². The van der Waals surface area contributed by atoms with Gasteiger partial charge in [0.25, 0.3) is 5.56 Å². The third kappa shape index (κ3) is 5.18. The number of halogens is 1. The number of benzene rings is 1. The Morgan fingerprint density at radius 2 is 1.93 bits per heavy atom. The fraction of sp³-hybridized carbons (Fsp3) is 0.476. The number of nitrogens with zero attached hydrogens (tertiary/aromatic N) is 2. The average molecular weight is 495 g/mol. The lowest BCUT2D eigenvalue weighted by Crippen LogP contribution is -2.46. The summed E-state index contributed by atoms with van der Waals surface area (Å²) in [7, 11) is 0. The van der Waals surface area contributed by atoms with E-state index in [9.17, 15) is 14.4 Å². The van der Waals surface area contributed by atoms with E-state index in [0.29, 0.717) is 6.54 Å². The molecule has 1 aromatic heterocycles. The minimum atomic E-state index is -0.598. The smallest absolute Gasteiger partial charge is 0.330 e. The highest BCUT2D eigenvalue weighted by atomic mass is 79.9. The number of carbonyl (C=O) groups excluding carboxylic acids is 1. The molecule has 1 heterocycles. The lowest BCUT2D eigenvalue weighted by atomic mass is 10.2. The van der Waals surface area contributed by atoms with Crippen LogP contribution in [0.4, 0.5) is 11.5 Å². The predicted molar refractivity (Wildman–Crippen MR) is 125 cm³/mol. The van der Waals surface area contributed by atoms with E-state index >= 15 is 0 Å². The van der Waals surface area contributed by atoms with Crippen molar-refractivity contribution in [3.05, 3.63) is 49.6 Å². The van der Waals surface area contributed by atoms with Gasteiger partial charge in [0.05, 0.1) is 5.75 Å². The molecule has 0 spiro atoms. The highest BCUT2D eigenvalue weighted by Crippen LogP contribution is 2.31. The summed E-state index contributed by atoms with van der Waals surface area (Å²) in [5.41, 5.74) is 5.28. The van der Waals surface area contributed by atoms with E-state index in [1.165, 1.54) is 16.3 Å². The summed E-state index contributed by atoms with van der Waals surface area (Å²) in [5.74, 6) is 0.0873. The fourth-order valence-corrected chi connectivity index (χ4v) is 4.79. The van der Waals surface area contributed by atoms with Crippen molar-refractivity contribution in [3.63, 3.8) is 0 Å². The number of nitrogens with two attached hydrogens (primary N) is 1. The third-order valence-corrected chi connectivity index (χ3v) is 6.85. The Morgan fingerprint density at radius 1 is 1.27 bits per heavy atom. The van der Waals surface area contributed by atoms with Gasteiger partial charge < -0.3 is 10.6 Å². The number of hydrogen-bond acceptors (Lipinski definition) is 5. The summed E-state index contributed by atoms with van der Waals surface area (Å²) in [6.45, 7) is 2.42.